The average molecular weight is 444 g/mol. The van der Waals surface area contributed by atoms with E-state index in [9.17, 15) is 4.79 Å². The van der Waals surface area contributed by atoms with Crippen molar-refractivity contribution in [2.24, 2.45) is 0 Å². The summed E-state index contributed by atoms with van der Waals surface area (Å²) in [7, 11) is 3.23. The Morgan fingerprint density at radius 3 is 2.61 bits per heavy atom. The van der Waals surface area contributed by atoms with Crippen LogP contribution in [0, 0.1) is 6.92 Å². The molecule has 4 aromatic rings. The van der Waals surface area contributed by atoms with Crippen LogP contribution in [0.5, 0.6) is 11.5 Å². The van der Waals surface area contributed by atoms with E-state index in [1.807, 2.05) is 66.4 Å². The van der Waals surface area contributed by atoms with Gasteiger partial charge in [0.15, 0.2) is 11.5 Å². The number of nitrogens with zero attached hydrogens (tertiary/aromatic N) is 3. The first-order valence-electron chi connectivity index (χ1n) is 11.0. The largest absolute Gasteiger partial charge is 0.493 e. The van der Waals surface area contributed by atoms with Crippen molar-refractivity contribution in [3.05, 3.63) is 71.4 Å². The first-order chi connectivity index (χ1) is 16.1. The summed E-state index contributed by atoms with van der Waals surface area (Å²) < 4.78 is 16.3. The zero-order chi connectivity index (χ0) is 22.9. The highest BCUT2D eigenvalue weighted by molar-refractivity contribution is 6.07. The van der Waals surface area contributed by atoms with Crippen LogP contribution in [0.15, 0.2) is 59.1 Å². The van der Waals surface area contributed by atoms with E-state index < -0.39 is 0 Å². The summed E-state index contributed by atoms with van der Waals surface area (Å²) >= 11 is 0. The lowest BCUT2D eigenvalue weighted by Crippen LogP contribution is -2.31. The van der Waals surface area contributed by atoms with Crippen molar-refractivity contribution in [3.8, 4) is 22.8 Å². The van der Waals surface area contributed by atoms with Gasteiger partial charge in [0.25, 0.3) is 11.6 Å². The summed E-state index contributed by atoms with van der Waals surface area (Å²) in [5, 5.41) is 4.74. The summed E-state index contributed by atoms with van der Waals surface area (Å²) in [5.41, 5.74) is 4.21. The molecule has 0 spiro atoms. The van der Waals surface area contributed by atoms with Gasteiger partial charge in [-0.3, -0.25) is 4.79 Å². The molecule has 1 fully saturated rings. The standard InChI is InChI=1S/C26H25N3O4/c1-16-24-19(15-20(27-25(24)33-28-16)17-8-5-4-6-9-17)26(30)29-13-7-10-21(29)18-11-12-22(31-2)23(14-18)32-3/h4-6,8-9,11-12,14-15,21H,7,10,13H2,1-3H3. The van der Waals surface area contributed by atoms with E-state index in [1.165, 1.54) is 0 Å². The van der Waals surface area contributed by atoms with Crippen LogP contribution in [0.3, 0.4) is 0 Å². The van der Waals surface area contributed by atoms with Crippen molar-refractivity contribution >= 4 is 17.0 Å². The quantitative estimate of drug-likeness (QED) is 0.422. The summed E-state index contributed by atoms with van der Waals surface area (Å²) in [6.45, 7) is 2.51. The molecule has 168 valence electrons. The fourth-order valence-electron chi connectivity index (χ4n) is 4.59. The van der Waals surface area contributed by atoms with Crippen molar-refractivity contribution in [2.75, 3.05) is 20.8 Å². The molecule has 0 bridgehead atoms. The van der Waals surface area contributed by atoms with Gasteiger partial charge in [-0.25, -0.2) is 4.98 Å². The number of benzene rings is 2. The minimum Gasteiger partial charge on any atom is -0.493 e. The Morgan fingerprint density at radius 2 is 1.85 bits per heavy atom. The third-order valence-electron chi connectivity index (χ3n) is 6.22. The van der Waals surface area contributed by atoms with Gasteiger partial charge in [-0.15, -0.1) is 0 Å². The molecule has 0 saturated carbocycles. The number of hydrogen-bond donors (Lipinski definition) is 0. The molecule has 7 nitrogen and oxygen atoms in total. The second-order valence-corrected chi connectivity index (χ2v) is 8.14. The molecular formula is C26H25N3O4. The maximum atomic E-state index is 13.9. The lowest BCUT2D eigenvalue weighted by Gasteiger charge is -2.26. The number of rotatable bonds is 5. The Kier molecular flexibility index (Phi) is 5.46. The topological polar surface area (TPSA) is 77.7 Å². The second kappa shape index (κ2) is 8.58. The Labute approximate surface area is 191 Å². The number of fused-ring (bicyclic) bond motifs is 1. The van der Waals surface area contributed by atoms with Crippen molar-refractivity contribution in [3.63, 3.8) is 0 Å². The SMILES string of the molecule is COc1ccc(C2CCCN2C(=O)c2cc(-c3ccccc3)nc3onc(C)c23)cc1OC. The number of ether oxygens (including phenoxy) is 2. The van der Waals surface area contributed by atoms with Crippen molar-refractivity contribution in [2.45, 2.75) is 25.8 Å². The van der Waals surface area contributed by atoms with Gasteiger partial charge >= 0.3 is 0 Å². The minimum absolute atomic E-state index is 0.0526. The van der Waals surface area contributed by atoms with Crippen LogP contribution in [0.25, 0.3) is 22.4 Å². The molecule has 5 rings (SSSR count). The zero-order valence-corrected chi connectivity index (χ0v) is 18.9. The molecule has 1 saturated heterocycles. The highest BCUT2D eigenvalue weighted by Gasteiger charge is 2.33. The Morgan fingerprint density at radius 1 is 1.06 bits per heavy atom. The van der Waals surface area contributed by atoms with Gasteiger partial charge in [0, 0.05) is 12.1 Å². The number of carbonyl (C=O) groups is 1. The van der Waals surface area contributed by atoms with Crippen LogP contribution in [-0.2, 0) is 0 Å². The van der Waals surface area contributed by atoms with E-state index >= 15 is 0 Å². The molecule has 1 atom stereocenters. The van der Waals surface area contributed by atoms with Crippen molar-refractivity contribution in [1.29, 1.82) is 0 Å². The molecule has 1 amide bonds. The summed E-state index contributed by atoms with van der Waals surface area (Å²) in [6, 6.07) is 17.4. The van der Waals surface area contributed by atoms with E-state index in [1.54, 1.807) is 14.2 Å². The molecule has 2 aromatic carbocycles. The minimum atomic E-state index is -0.0548. The highest BCUT2D eigenvalue weighted by atomic mass is 16.5. The van der Waals surface area contributed by atoms with Crippen LogP contribution in [0.2, 0.25) is 0 Å². The highest BCUT2D eigenvalue weighted by Crippen LogP contribution is 2.38. The summed E-state index contributed by atoms with van der Waals surface area (Å²) in [4.78, 5) is 20.5. The van der Waals surface area contributed by atoms with Crippen LogP contribution < -0.4 is 9.47 Å². The number of amides is 1. The van der Waals surface area contributed by atoms with E-state index in [4.69, 9.17) is 14.0 Å². The van der Waals surface area contributed by atoms with Crippen molar-refractivity contribution in [1.82, 2.24) is 15.0 Å². The molecule has 0 N–H and O–H groups in total. The molecule has 2 aromatic heterocycles. The zero-order valence-electron chi connectivity index (χ0n) is 18.9. The molecule has 0 radical (unpaired) electrons. The first-order valence-corrected chi connectivity index (χ1v) is 11.0. The molecule has 1 unspecified atom stereocenters. The van der Waals surface area contributed by atoms with Gasteiger partial charge in [-0.2, -0.15) is 0 Å². The fraction of sp³-hybridized carbons (Fsp3) is 0.269. The number of carbonyl (C=O) groups excluding carboxylic acids is 1. The third kappa shape index (κ3) is 3.69. The van der Waals surface area contributed by atoms with Gasteiger partial charge in [0.1, 0.15) is 0 Å². The Bertz CT molecular complexity index is 1320. The molecule has 1 aliphatic heterocycles. The maximum Gasteiger partial charge on any atom is 0.259 e. The molecular weight excluding hydrogens is 418 g/mol. The van der Waals surface area contributed by atoms with Gasteiger partial charge in [0.05, 0.1) is 42.6 Å². The lowest BCUT2D eigenvalue weighted by molar-refractivity contribution is 0.0737. The Hall–Kier alpha value is -3.87. The van der Waals surface area contributed by atoms with E-state index in [0.717, 1.165) is 24.0 Å². The van der Waals surface area contributed by atoms with E-state index in [2.05, 4.69) is 10.1 Å². The van der Waals surface area contributed by atoms with Gasteiger partial charge in [0.2, 0.25) is 0 Å². The molecule has 33 heavy (non-hydrogen) atoms. The molecule has 1 aliphatic rings. The molecule has 0 aliphatic carbocycles. The van der Waals surface area contributed by atoms with Crippen LogP contribution in [-0.4, -0.2) is 41.7 Å². The second-order valence-electron chi connectivity index (χ2n) is 8.14. The van der Waals surface area contributed by atoms with E-state index in [0.29, 0.717) is 46.1 Å². The van der Waals surface area contributed by atoms with Crippen LogP contribution >= 0.6 is 0 Å². The smallest absolute Gasteiger partial charge is 0.259 e. The number of hydrogen-bond acceptors (Lipinski definition) is 6. The van der Waals surface area contributed by atoms with Gasteiger partial charge in [-0.1, -0.05) is 41.6 Å². The normalized spacial score (nSPS) is 15.7. The molecule has 3 heterocycles. The molecule has 7 heteroatoms. The summed E-state index contributed by atoms with van der Waals surface area (Å²) in [6.07, 6.45) is 1.80. The number of methoxy groups -OCH3 is 2. The monoisotopic (exact) mass is 443 g/mol. The number of aromatic nitrogens is 2. The van der Waals surface area contributed by atoms with Crippen LogP contribution in [0.1, 0.15) is 40.5 Å². The number of pyridine rings is 1. The predicted octanol–water partition coefficient (Wildman–Crippen LogP) is 5.19. The number of likely N-dealkylation sites (tertiary alicyclic amines) is 1. The van der Waals surface area contributed by atoms with Crippen molar-refractivity contribution < 1.29 is 18.8 Å². The lowest BCUT2D eigenvalue weighted by atomic mass is 10.0. The summed E-state index contributed by atoms with van der Waals surface area (Å²) in [5.74, 6) is 1.27. The predicted molar refractivity (Wildman–Crippen MR) is 125 cm³/mol. The third-order valence-corrected chi connectivity index (χ3v) is 6.22. The fourth-order valence-corrected chi connectivity index (χ4v) is 4.59. The van der Waals surface area contributed by atoms with Gasteiger partial charge in [-0.05, 0) is 43.5 Å². The average Bonchev–Trinajstić information content (AvgIpc) is 3.50. The maximum absolute atomic E-state index is 13.9. The first kappa shape index (κ1) is 21.0. The Balaban J connectivity index is 1.57. The number of aryl methyl sites for hydroxylation is 1. The van der Waals surface area contributed by atoms with E-state index in [-0.39, 0.29) is 11.9 Å². The van der Waals surface area contributed by atoms with Gasteiger partial charge < -0.3 is 18.9 Å². The van der Waals surface area contributed by atoms with Crippen LogP contribution in [0.4, 0.5) is 0 Å².